The second kappa shape index (κ2) is 33.7. The summed E-state index contributed by atoms with van der Waals surface area (Å²) in [4.78, 5) is 45.5. The molecule has 109 heavy (non-hydrogen) atoms. The first kappa shape index (κ1) is 73.0. The molecule has 1 aromatic heterocycles. The third kappa shape index (κ3) is 17.3. The second-order valence-electron chi connectivity index (χ2n) is 26.3. The first-order valence-corrected chi connectivity index (χ1v) is 37.0. The van der Waals surface area contributed by atoms with E-state index in [0.717, 1.165) is 104 Å². The Morgan fingerprint density at radius 2 is 0.743 bits per heavy atom. The van der Waals surface area contributed by atoms with Gasteiger partial charge in [-0.05, 0) is 160 Å². The maximum Gasteiger partial charge on any atom is 0.335 e. The Hall–Kier alpha value is -13.0. The van der Waals surface area contributed by atoms with Crippen LogP contribution in [0.1, 0.15) is 113 Å². The third-order valence-electron chi connectivity index (χ3n) is 19.2. The summed E-state index contributed by atoms with van der Waals surface area (Å²) in [6.45, 7) is 2.09. The lowest BCUT2D eigenvalue weighted by molar-refractivity contribution is 0.0686. The van der Waals surface area contributed by atoms with Crippen molar-refractivity contribution in [1.29, 1.82) is 0 Å². The minimum atomic E-state index is -0.942. The summed E-state index contributed by atoms with van der Waals surface area (Å²) in [7, 11) is 1.67. The molecule has 8 N–H and O–H groups in total. The van der Waals surface area contributed by atoms with E-state index in [2.05, 4.69) is 187 Å². The highest BCUT2D eigenvalue weighted by Gasteiger charge is 2.35. The van der Waals surface area contributed by atoms with Crippen LogP contribution in [0, 0.1) is 6.92 Å². The number of aromatic carboxylic acids is 2. The van der Waals surface area contributed by atoms with Gasteiger partial charge in [0.2, 0.25) is 0 Å². The lowest BCUT2D eigenvalue weighted by atomic mass is 9.94. The van der Waals surface area contributed by atoms with Crippen molar-refractivity contribution in [3.63, 3.8) is 0 Å². The number of nitrogens with zero attached hydrogens (tertiary/aromatic N) is 4. The number of amidine groups is 3. The van der Waals surface area contributed by atoms with Gasteiger partial charge in [-0.15, -0.1) is 0 Å². The van der Waals surface area contributed by atoms with Crippen molar-refractivity contribution in [2.45, 2.75) is 43.2 Å². The van der Waals surface area contributed by atoms with Crippen molar-refractivity contribution < 1.29 is 34.8 Å². The second-order valence-corrected chi connectivity index (χ2v) is 28.1. The third-order valence-corrected chi connectivity index (χ3v) is 20.2. The molecule has 0 aliphatic carbocycles. The first-order valence-electron chi connectivity index (χ1n) is 35.4. The number of halogens is 2. The number of aliphatic imine (C=N–C) groups is 3. The van der Waals surface area contributed by atoms with Gasteiger partial charge >= 0.3 is 11.9 Å². The fourth-order valence-electron chi connectivity index (χ4n) is 13.5. The van der Waals surface area contributed by atoms with Gasteiger partial charge in [0.25, 0.3) is 0 Å². The maximum absolute atomic E-state index is 11.2. The Morgan fingerprint density at radius 3 is 1.17 bits per heavy atom. The summed E-state index contributed by atoms with van der Waals surface area (Å²) >= 11 is 6.98. The number of hydrogen-bond acceptors (Lipinski definition) is 12. The lowest BCUT2D eigenvalue weighted by Gasteiger charge is -2.20. The number of nitrogens with one attached hydrogen (secondary N) is 4. The molecule has 538 valence electrons. The summed E-state index contributed by atoms with van der Waals surface area (Å²) < 4.78 is 7.38. The van der Waals surface area contributed by atoms with Crippen LogP contribution >= 0.6 is 31.9 Å². The number of imidazole rings is 1. The average molecular weight is 1560 g/mol. The summed E-state index contributed by atoms with van der Waals surface area (Å²) in [6, 6.07) is 106. The van der Waals surface area contributed by atoms with Crippen LogP contribution in [0.15, 0.2) is 352 Å². The smallest absolute Gasteiger partial charge is 0.335 e. The van der Waals surface area contributed by atoms with E-state index in [1.54, 1.807) is 79.9 Å². The number of methoxy groups -OCH3 is 1. The van der Waals surface area contributed by atoms with Crippen molar-refractivity contribution in [3.05, 3.63) is 403 Å². The highest BCUT2D eigenvalue weighted by Crippen LogP contribution is 2.42. The van der Waals surface area contributed by atoms with Crippen LogP contribution in [0.25, 0.3) is 44.7 Å². The number of aromatic amines is 1. The number of H-pyrrole nitrogens is 1. The molecule has 0 amide bonds. The largest absolute Gasteiger partial charge is 0.508 e. The molecule has 3 aliphatic rings. The molecule has 0 saturated heterocycles. The molecule has 3 aliphatic heterocycles. The van der Waals surface area contributed by atoms with Gasteiger partial charge in [0.15, 0.2) is 0 Å². The van der Waals surface area contributed by atoms with Crippen molar-refractivity contribution in [3.8, 4) is 51.2 Å². The van der Waals surface area contributed by atoms with Crippen LogP contribution in [0.4, 0.5) is 0 Å². The van der Waals surface area contributed by atoms with Gasteiger partial charge in [0.05, 0.1) is 47.8 Å². The van der Waals surface area contributed by atoms with Crippen LogP contribution in [0.3, 0.4) is 0 Å². The predicted molar refractivity (Wildman–Crippen MR) is 440 cm³/mol. The number of aryl methyl sites for hydroxylation is 1. The van der Waals surface area contributed by atoms with E-state index in [-0.39, 0.29) is 58.9 Å². The predicted octanol–water partition coefficient (Wildman–Crippen LogP) is 20.8. The van der Waals surface area contributed by atoms with Gasteiger partial charge in [0.1, 0.15) is 58.7 Å². The van der Waals surface area contributed by atoms with Crippen molar-refractivity contribution in [2.24, 2.45) is 15.0 Å². The summed E-state index contributed by atoms with van der Waals surface area (Å²) in [5.74, 6) is 2.62. The van der Waals surface area contributed by atoms with Gasteiger partial charge in [-0.3, -0.25) is 15.0 Å². The molecule has 0 fully saturated rings. The summed E-state index contributed by atoms with van der Waals surface area (Å²) in [5, 5.41) is 50.3. The fourth-order valence-corrected chi connectivity index (χ4v) is 14.0. The van der Waals surface area contributed by atoms with E-state index in [4.69, 9.17) is 34.9 Å². The fraction of sp³-hybridized carbons (Fsp3) is 0.0870. The number of rotatable bonds is 15. The zero-order valence-corrected chi connectivity index (χ0v) is 62.4. The molecule has 15 nitrogen and oxygen atoms in total. The number of phenols is 2. The quantitative estimate of drug-likeness (QED) is 0.0482. The number of hydrogen-bond donors (Lipinski definition) is 8. The maximum atomic E-state index is 11.2. The van der Waals surface area contributed by atoms with Gasteiger partial charge in [0, 0.05) is 42.3 Å². The molecule has 6 unspecified atom stereocenters. The lowest BCUT2D eigenvalue weighted by Crippen LogP contribution is -2.25. The molecular weight excluding hydrogens is 1490 g/mol. The number of benzene rings is 13. The van der Waals surface area contributed by atoms with Crippen LogP contribution in [-0.4, -0.2) is 66.9 Å². The standard InChI is InChI=1S/C26H18N2O2.C23H22N2O2.C22H17BrN2O2.C21H17BrN2O/c29-26(30)20-15-13-19(14-16-20)25-27-23(18-8-2-1-3-9-18)24(28-25)22-12-6-10-17-7-4-5-11-21(17)22;1-15-3-5-16(6-4-15)21-22(17-9-13-20(27-2)14-10-17)25-23(24-21)18-7-11-19(26)12-8-18;23-18-12-10-15(11-13-18)20-19(14-4-2-1-3-5-14)24-21(25-20)16-6-8-17(9-7-16)22(26)27;22-17-10-6-15(7-11-17)20-19(14-4-2-1-3-5-14)23-21(24-20)16-8-12-18(25)13-9-16/h1-16H,(H,27,28)(H,29,30);3-14,21-22,26H,1-2H3,(H,24,25);1-13,19-20H,(H,24,25)(H,26,27);1-13,19-20,25H,(H,23,24). The van der Waals surface area contributed by atoms with Crippen LogP contribution in [0.5, 0.6) is 17.2 Å². The molecule has 0 saturated carbocycles. The average Bonchev–Trinajstić information content (AvgIpc) is 1.68. The first-order chi connectivity index (χ1) is 53.2. The monoisotopic (exact) mass is 1560 g/mol. The van der Waals surface area contributed by atoms with E-state index >= 15 is 0 Å². The van der Waals surface area contributed by atoms with Gasteiger partial charge in [-0.25, -0.2) is 14.6 Å². The number of carboxylic acid groups (broad SMARTS) is 2. The zero-order valence-electron chi connectivity index (χ0n) is 59.2. The number of carbonyl (C=O) groups is 2. The van der Waals surface area contributed by atoms with Crippen LogP contribution < -0.4 is 20.7 Å². The Balaban J connectivity index is 0.000000122. The molecule has 0 spiro atoms. The molecule has 14 aromatic rings. The molecule has 4 heterocycles. The van der Waals surface area contributed by atoms with E-state index in [1.807, 2.05) is 127 Å². The zero-order chi connectivity index (χ0) is 75.3. The molecule has 17 rings (SSSR count). The van der Waals surface area contributed by atoms with Gasteiger partial charge < -0.3 is 46.1 Å². The number of phenolic OH excluding ortho intramolecular Hbond substituents is 2. The number of fused-ring (bicyclic) bond motifs is 1. The van der Waals surface area contributed by atoms with Crippen molar-refractivity contribution in [1.82, 2.24) is 25.9 Å². The highest BCUT2D eigenvalue weighted by molar-refractivity contribution is 9.10. The topological polar surface area (TPSA) is 226 Å². The minimum absolute atomic E-state index is 0.00572. The highest BCUT2D eigenvalue weighted by atomic mass is 79.9. The molecular formula is C92H74Br2N8O7. The van der Waals surface area contributed by atoms with Gasteiger partial charge in [-0.2, -0.15) is 0 Å². The number of aromatic nitrogens is 2. The molecule has 0 bridgehead atoms. The van der Waals surface area contributed by atoms with Crippen molar-refractivity contribution >= 4 is 72.1 Å². The van der Waals surface area contributed by atoms with E-state index in [9.17, 15) is 19.8 Å². The number of carboxylic acids is 2. The van der Waals surface area contributed by atoms with Crippen LogP contribution in [-0.2, 0) is 0 Å². The van der Waals surface area contributed by atoms with E-state index in [0.29, 0.717) is 5.82 Å². The van der Waals surface area contributed by atoms with Crippen molar-refractivity contribution in [2.75, 3.05) is 7.11 Å². The van der Waals surface area contributed by atoms with E-state index in [1.165, 1.54) is 22.3 Å². The molecule has 6 atom stereocenters. The minimum Gasteiger partial charge on any atom is -0.508 e. The Labute approximate surface area is 648 Å². The van der Waals surface area contributed by atoms with Crippen LogP contribution in [0.2, 0.25) is 0 Å². The Bertz CT molecular complexity index is 5560. The molecule has 0 radical (unpaired) electrons. The van der Waals surface area contributed by atoms with E-state index < -0.39 is 11.9 Å². The summed E-state index contributed by atoms with van der Waals surface area (Å²) in [5.41, 5.74) is 16.3. The normalized spacial score (nSPS) is 16.7. The number of ether oxygens (including phenoxy) is 1. The van der Waals surface area contributed by atoms with Gasteiger partial charge in [-0.1, -0.05) is 256 Å². The number of aromatic hydroxyl groups is 2. The SMILES string of the molecule is COc1ccc(C2N=C(c3ccc(O)cc3)NC2c2ccc(C)cc2)cc1.O=C(O)c1ccc(-c2nc(-c3ccccc3)c(-c3cccc4ccccc34)[nH]2)cc1.O=C(O)c1ccc(C2=NC(c3ccccc3)C(c3ccc(Br)cc3)N2)cc1.Oc1ccc(C2=NC(c3ccccc3)C(c3ccc(Br)cc3)N2)cc1. The summed E-state index contributed by atoms with van der Waals surface area (Å²) in [6.07, 6.45) is 0. The molecule has 17 heteroatoms. The molecule has 13 aromatic carbocycles. The Morgan fingerprint density at radius 1 is 0.376 bits per heavy atom. The Kier molecular flexibility index (Phi) is 22.5.